The number of fused-ring (bicyclic) bond motifs is 2. The first-order chi connectivity index (χ1) is 31.1. The average molecular weight is 887 g/mol. The van der Waals surface area contributed by atoms with Gasteiger partial charge in [-0.05, 0) is 66.9 Å². The van der Waals surface area contributed by atoms with Crippen LogP contribution in [0.25, 0.3) is 21.7 Å². The Bertz CT molecular complexity index is 2710. The smallest absolute Gasteiger partial charge is 0.415 e. The van der Waals surface area contributed by atoms with Crippen LogP contribution in [-0.4, -0.2) is 88.1 Å². The van der Waals surface area contributed by atoms with Crippen LogP contribution in [0, 0.1) is 5.82 Å². The van der Waals surface area contributed by atoms with Crippen molar-refractivity contribution < 1.29 is 46.9 Å². The second-order valence-corrected chi connectivity index (χ2v) is 17.4. The van der Waals surface area contributed by atoms with Crippen molar-refractivity contribution in [3.63, 3.8) is 0 Å². The molecule has 7 aromatic rings. The summed E-state index contributed by atoms with van der Waals surface area (Å²) in [7, 11) is -3.85. The lowest BCUT2D eigenvalue weighted by atomic mass is 10.0. The first kappa shape index (κ1) is 43.9. The molecule has 8 rings (SSSR count). The molecule has 1 amide bonds. The van der Waals surface area contributed by atoms with Gasteiger partial charge in [-0.2, -0.15) is 0 Å². The summed E-state index contributed by atoms with van der Waals surface area (Å²) < 4.78 is 59.6. The number of halogens is 1. The minimum absolute atomic E-state index is 0.0186. The lowest BCUT2D eigenvalue weighted by Gasteiger charge is -2.34. The summed E-state index contributed by atoms with van der Waals surface area (Å²) in [6.07, 6.45) is 0.970. The second kappa shape index (κ2) is 19.8. The highest BCUT2D eigenvalue weighted by atomic mass is 31.2. The van der Waals surface area contributed by atoms with Gasteiger partial charge in [-0.1, -0.05) is 91.0 Å². The standard InChI is InChI=1S/C49H48FN4O9P/c1-3-59-48(56)34(2)62-64(58,63-39-18-11-6-12-19-39)31-30-52-26-28-53(29-27-52)49(57)61-45-40-20-13-25-51-43(40)46(60-44(36-14-7-4-8-15-36)37-16-9-5-10-17-37)42-41(45)33-54(47(42)55)32-35-21-23-38(50)24-22-35/h4-25,33-34,44,55H,3,26-32H2,1-2H3/t34-,64?/m0/s1. The molecule has 0 aliphatic carbocycles. The maximum absolute atomic E-state index is 14.2. The Labute approximate surface area is 370 Å². The third-order valence-corrected chi connectivity index (χ3v) is 12.8. The number of ether oxygens (including phenoxy) is 3. The highest BCUT2D eigenvalue weighted by Crippen LogP contribution is 2.50. The van der Waals surface area contributed by atoms with Crippen LogP contribution >= 0.6 is 7.60 Å². The Morgan fingerprint density at radius 2 is 1.45 bits per heavy atom. The molecule has 1 aliphatic heterocycles. The maximum Gasteiger partial charge on any atom is 0.415 e. The van der Waals surface area contributed by atoms with Crippen molar-refractivity contribution in [3.8, 4) is 23.1 Å². The fourth-order valence-electron chi connectivity index (χ4n) is 7.68. The molecular formula is C49H48FN4O9P. The highest BCUT2D eigenvalue weighted by molar-refractivity contribution is 7.54. The first-order valence-electron chi connectivity index (χ1n) is 21.1. The van der Waals surface area contributed by atoms with E-state index in [1.54, 1.807) is 83.4 Å². The Balaban J connectivity index is 1.07. The monoisotopic (exact) mass is 886 g/mol. The number of hydrogen-bond donors (Lipinski definition) is 1. The van der Waals surface area contributed by atoms with Crippen LogP contribution in [0.5, 0.6) is 23.1 Å². The zero-order valence-corrected chi connectivity index (χ0v) is 36.3. The normalized spacial score (nSPS) is 14.6. The van der Waals surface area contributed by atoms with E-state index in [1.807, 2.05) is 65.6 Å². The van der Waals surface area contributed by atoms with E-state index < -0.39 is 31.9 Å². The molecule has 1 saturated heterocycles. The molecule has 2 aromatic heterocycles. The van der Waals surface area contributed by atoms with Gasteiger partial charge in [0.2, 0.25) is 5.88 Å². The lowest BCUT2D eigenvalue weighted by molar-refractivity contribution is -0.150. The van der Waals surface area contributed by atoms with Crippen molar-refractivity contribution in [3.05, 3.63) is 162 Å². The summed E-state index contributed by atoms with van der Waals surface area (Å²) in [6.45, 7) is 5.21. The maximum atomic E-state index is 14.2. The van der Waals surface area contributed by atoms with Crippen molar-refractivity contribution in [1.82, 2.24) is 19.4 Å². The largest absolute Gasteiger partial charge is 0.494 e. The number of amides is 1. The number of aromatic nitrogens is 2. The summed E-state index contributed by atoms with van der Waals surface area (Å²) in [6, 6.07) is 37.6. The van der Waals surface area contributed by atoms with Gasteiger partial charge in [-0.3, -0.25) is 14.4 Å². The van der Waals surface area contributed by atoms with Gasteiger partial charge in [0, 0.05) is 50.5 Å². The van der Waals surface area contributed by atoms with Gasteiger partial charge in [-0.15, -0.1) is 0 Å². The molecule has 64 heavy (non-hydrogen) atoms. The molecule has 15 heteroatoms. The molecule has 13 nitrogen and oxygen atoms in total. The molecule has 1 fully saturated rings. The van der Waals surface area contributed by atoms with E-state index in [-0.39, 0.29) is 49.8 Å². The van der Waals surface area contributed by atoms with Gasteiger partial charge in [0.15, 0.2) is 17.6 Å². The van der Waals surface area contributed by atoms with Crippen molar-refractivity contribution in [2.75, 3.05) is 45.5 Å². The van der Waals surface area contributed by atoms with Crippen molar-refractivity contribution in [2.24, 2.45) is 0 Å². The molecule has 3 heterocycles. The van der Waals surface area contributed by atoms with Gasteiger partial charge >= 0.3 is 19.7 Å². The molecule has 0 bridgehead atoms. The summed E-state index contributed by atoms with van der Waals surface area (Å²) in [5.74, 6) is -0.347. The van der Waals surface area contributed by atoms with E-state index in [9.17, 15) is 23.7 Å². The summed E-state index contributed by atoms with van der Waals surface area (Å²) >= 11 is 0. The quantitative estimate of drug-likeness (QED) is 0.0733. The number of para-hydroxylation sites is 1. The van der Waals surface area contributed by atoms with E-state index in [4.69, 9.17) is 28.2 Å². The molecule has 0 spiro atoms. The third-order valence-electron chi connectivity index (χ3n) is 10.9. The topological polar surface area (TPSA) is 142 Å². The van der Waals surface area contributed by atoms with Crippen LogP contribution in [0.15, 0.2) is 140 Å². The third kappa shape index (κ3) is 10.0. The van der Waals surface area contributed by atoms with Gasteiger partial charge < -0.3 is 33.3 Å². The zero-order chi connectivity index (χ0) is 44.6. The first-order valence-corrected chi connectivity index (χ1v) is 22.8. The van der Waals surface area contributed by atoms with Gasteiger partial charge in [-0.25, -0.2) is 18.5 Å². The number of carbonyl (C=O) groups excluding carboxylic acids is 2. The number of pyridine rings is 1. The molecule has 2 atom stereocenters. The number of esters is 1. The predicted molar refractivity (Wildman–Crippen MR) is 241 cm³/mol. The summed E-state index contributed by atoms with van der Waals surface area (Å²) in [4.78, 5) is 34.9. The average Bonchev–Trinajstić information content (AvgIpc) is 3.64. The predicted octanol–water partition coefficient (Wildman–Crippen LogP) is 9.61. The lowest BCUT2D eigenvalue weighted by Crippen LogP contribution is -2.50. The summed E-state index contributed by atoms with van der Waals surface area (Å²) in [5.41, 5.74) is 2.84. The van der Waals surface area contributed by atoms with Crippen molar-refractivity contribution >= 4 is 41.3 Å². The fraction of sp³-hybridized carbons (Fsp3) is 0.245. The van der Waals surface area contributed by atoms with Gasteiger partial charge in [0.25, 0.3) is 0 Å². The number of hydrogen-bond acceptors (Lipinski definition) is 11. The molecule has 1 aliphatic rings. The number of benzene rings is 5. The van der Waals surface area contributed by atoms with E-state index in [1.165, 1.54) is 19.1 Å². The number of piperazine rings is 1. The number of carbonyl (C=O) groups is 2. The van der Waals surface area contributed by atoms with E-state index >= 15 is 0 Å². The molecule has 1 N–H and O–H groups in total. The molecule has 0 radical (unpaired) electrons. The van der Waals surface area contributed by atoms with Crippen LogP contribution < -0.4 is 14.0 Å². The van der Waals surface area contributed by atoms with E-state index in [0.29, 0.717) is 52.8 Å². The van der Waals surface area contributed by atoms with Crippen LogP contribution in [0.1, 0.15) is 36.6 Å². The number of nitrogens with zero attached hydrogens (tertiary/aromatic N) is 4. The Kier molecular flexibility index (Phi) is 13.6. The summed E-state index contributed by atoms with van der Waals surface area (Å²) in [5, 5.41) is 13.3. The Morgan fingerprint density at radius 1 is 0.812 bits per heavy atom. The number of aromatic hydroxyl groups is 1. The molecule has 330 valence electrons. The van der Waals surface area contributed by atoms with Gasteiger partial charge in [0.05, 0.1) is 30.1 Å². The number of rotatable bonds is 16. The molecule has 1 unspecified atom stereocenters. The Morgan fingerprint density at radius 3 is 2.09 bits per heavy atom. The van der Waals surface area contributed by atoms with Crippen molar-refractivity contribution in [2.45, 2.75) is 32.6 Å². The zero-order valence-electron chi connectivity index (χ0n) is 35.4. The van der Waals surface area contributed by atoms with Crippen LogP contribution in [0.4, 0.5) is 9.18 Å². The van der Waals surface area contributed by atoms with Crippen molar-refractivity contribution in [1.29, 1.82) is 0 Å². The van der Waals surface area contributed by atoms with Gasteiger partial charge in [0.1, 0.15) is 23.2 Å². The second-order valence-electron chi connectivity index (χ2n) is 15.3. The van der Waals surface area contributed by atoms with Crippen LogP contribution in [0.2, 0.25) is 0 Å². The van der Waals surface area contributed by atoms with E-state index in [2.05, 4.69) is 0 Å². The molecule has 0 saturated carbocycles. The Hall–Kier alpha value is -6.73. The van der Waals surface area contributed by atoms with E-state index in [0.717, 1.165) is 16.7 Å². The fourth-order valence-corrected chi connectivity index (χ4v) is 9.46. The van der Waals surface area contributed by atoms with Crippen LogP contribution in [-0.2, 0) is 25.2 Å². The SMILES string of the molecule is CCOC(=O)[C@H](C)OP(=O)(CCN1CCN(C(=O)Oc2c3cccnc3c(OC(c3ccccc3)c3ccccc3)c3c(O)n(Cc4ccc(F)cc4)cc23)CC1)Oc1ccccc1. The highest BCUT2D eigenvalue weighted by Gasteiger charge is 2.35. The molecule has 5 aromatic carbocycles. The minimum Gasteiger partial charge on any atom is -0.494 e. The van der Waals surface area contributed by atoms with Crippen LogP contribution in [0.3, 0.4) is 0 Å². The minimum atomic E-state index is -3.85. The molecular weight excluding hydrogens is 839 g/mol.